The topological polar surface area (TPSA) is 59.6 Å². The summed E-state index contributed by atoms with van der Waals surface area (Å²) in [6, 6.07) is 3.98. The lowest BCUT2D eigenvalue weighted by molar-refractivity contribution is -0.133. The number of aromatic nitrogens is 3. The van der Waals surface area contributed by atoms with Crippen LogP contribution < -0.4 is 5.56 Å². The van der Waals surface area contributed by atoms with Gasteiger partial charge in [0.1, 0.15) is 17.9 Å². The minimum atomic E-state index is -0.202. The van der Waals surface area contributed by atoms with Crippen LogP contribution in [-0.2, 0) is 11.3 Å². The quantitative estimate of drug-likeness (QED) is 0.717. The van der Waals surface area contributed by atoms with Crippen LogP contribution in [0.4, 0.5) is 0 Å². The maximum absolute atomic E-state index is 12.8. The van der Waals surface area contributed by atoms with E-state index in [1.165, 1.54) is 16.0 Å². The van der Waals surface area contributed by atoms with Gasteiger partial charge in [0.25, 0.3) is 5.56 Å². The van der Waals surface area contributed by atoms with Crippen molar-refractivity contribution in [3.8, 4) is 0 Å². The summed E-state index contributed by atoms with van der Waals surface area (Å²) in [6.45, 7) is 5.52. The molecule has 4 rings (SSSR count). The molecule has 24 heavy (non-hydrogen) atoms. The van der Waals surface area contributed by atoms with Crippen LogP contribution in [0.3, 0.4) is 0 Å². The fraction of sp³-hybridized carbons (Fsp3) is 0.471. The van der Waals surface area contributed by atoms with Gasteiger partial charge in [-0.3, -0.25) is 14.0 Å². The van der Waals surface area contributed by atoms with Crippen molar-refractivity contribution in [3.05, 3.63) is 33.2 Å². The zero-order chi connectivity index (χ0) is 16.8. The lowest BCUT2D eigenvalue weighted by Gasteiger charge is -2.26. The zero-order valence-corrected chi connectivity index (χ0v) is 14.7. The largest absolute Gasteiger partial charge is 0.341 e. The molecule has 7 heteroatoms. The van der Waals surface area contributed by atoms with Gasteiger partial charge in [-0.2, -0.15) is 5.10 Å². The third-order valence-electron chi connectivity index (χ3n) is 4.65. The van der Waals surface area contributed by atoms with Crippen LogP contribution in [-0.4, -0.2) is 38.1 Å². The van der Waals surface area contributed by atoms with Crippen molar-refractivity contribution in [1.82, 2.24) is 19.1 Å². The average molecular weight is 344 g/mol. The molecule has 0 aromatic carbocycles. The summed E-state index contributed by atoms with van der Waals surface area (Å²) in [5.74, 6) is 0.709. The van der Waals surface area contributed by atoms with Gasteiger partial charge in [0.05, 0.1) is 10.2 Å². The molecule has 1 aliphatic heterocycles. The molecular formula is C17H20N4O2S. The second-order valence-electron chi connectivity index (χ2n) is 6.42. The van der Waals surface area contributed by atoms with Gasteiger partial charge in [-0.15, -0.1) is 11.3 Å². The molecule has 1 amide bonds. The van der Waals surface area contributed by atoms with E-state index in [0.717, 1.165) is 42.0 Å². The maximum Gasteiger partial charge on any atom is 0.291 e. The Kier molecular flexibility index (Phi) is 3.68. The lowest BCUT2D eigenvalue weighted by Crippen LogP contribution is -2.40. The van der Waals surface area contributed by atoms with E-state index in [1.54, 1.807) is 11.3 Å². The highest BCUT2D eigenvalue weighted by Crippen LogP contribution is 2.27. The van der Waals surface area contributed by atoms with E-state index in [4.69, 9.17) is 0 Å². The van der Waals surface area contributed by atoms with E-state index in [-0.39, 0.29) is 18.0 Å². The molecule has 3 aromatic rings. The van der Waals surface area contributed by atoms with Gasteiger partial charge in [-0.25, -0.2) is 4.68 Å². The van der Waals surface area contributed by atoms with E-state index in [1.807, 2.05) is 22.3 Å². The van der Waals surface area contributed by atoms with Crippen LogP contribution in [0.5, 0.6) is 0 Å². The molecule has 0 spiro atoms. The molecule has 1 aliphatic rings. The summed E-state index contributed by atoms with van der Waals surface area (Å²) in [7, 11) is 0. The van der Waals surface area contributed by atoms with Gasteiger partial charge >= 0.3 is 0 Å². The van der Waals surface area contributed by atoms with E-state index < -0.39 is 0 Å². The van der Waals surface area contributed by atoms with Crippen LogP contribution in [0.15, 0.2) is 16.9 Å². The van der Waals surface area contributed by atoms with Crippen molar-refractivity contribution in [1.29, 1.82) is 0 Å². The molecule has 1 fully saturated rings. The number of amides is 1. The van der Waals surface area contributed by atoms with E-state index in [9.17, 15) is 9.59 Å². The summed E-state index contributed by atoms with van der Waals surface area (Å²) >= 11 is 1.67. The van der Waals surface area contributed by atoms with Crippen LogP contribution in [0.2, 0.25) is 0 Å². The Balaban J connectivity index is 1.75. The molecule has 0 saturated carbocycles. The van der Waals surface area contributed by atoms with Crippen molar-refractivity contribution in [2.75, 3.05) is 13.1 Å². The molecule has 3 aromatic heterocycles. The predicted octanol–water partition coefficient (Wildman–Crippen LogP) is 2.34. The van der Waals surface area contributed by atoms with Crippen molar-refractivity contribution >= 4 is 33.0 Å². The maximum atomic E-state index is 12.8. The first-order chi connectivity index (χ1) is 11.5. The highest BCUT2D eigenvalue weighted by atomic mass is 32.1. The van der Waals surface area contributed by atoms with Crippen LogP contribution in [0, 0.1) is 13.8 Å². The molecule has 0 unspecified atom stereocenters. The molecule has 4 heterocycles. The van der Waals surface area contributed by atoms with Gasteiger partial charge in [0, 0.05) is 18.0 Å². The van der Waals surface area contributed by atoms with E-state index in [2.05, 4.69) is 18.1 Å². The molecule has 6 nitrogen and oxygen atoms in total. The van der Waals surface area contributed by atoms with Crippen molar-refractivity contribution in [3.63, 3.8) is 0 Å². The number of piperidine rings is 1. The minimum absolute atomic E-state index is 0.0164. The molecule has 0 bridgehead atoms. The Bertz CT molecular complexity index is 992. The van der Waals surface area contributed by atoms with Crippen LogP contribution >= 0.6 is 11.3 Å². The number of likely N-dealkylation sites (tertiary alicyclic amines) is 1. The van der Waals surface area contributed by atoms with Crippen LogP contribution in [0.1, 0.15) is 30.0 Å². The molecule has 0 atom stereocenters. The average Bonchev–Trinajstić information content (AvgIpc) is 3.09. The molecular weight excluding hydrogens is 324 g/mol. The SMILES string of the molecule is Cc1cc2c(cc3c(=O)n(CC(=O)N4CCCCC4)nc(C)n32)s1. The monoisotopic (exact) mass is 344 g/mol. The van der Waals surface area contributed by atoms with Gasteiger partial charge in [-0.1, -0.05) is 0 Å². The summed E-state index contributed by atoms with van der Waals surface area (Å²) in [5, 5.41) is 4.39. The first-order valence-electron chi connectivity index (χ1n) is 8.32. The number of hydrogen-bond acceptors (Lipinski definition) is 4. The number of carbonyl (C=O) groups excluding carboxylic acids is 1. The second kappa shape index (κ2) is 5.73. The predicted molar refractivity (Wildman–Crippen MR) is 94.7 cm³/mol. The Morgan fingerprint density at radius 1 is 1.17 bits per heavy atom. The number of fused-ring (bicyclic) bond motifs is 3. The van der Waals surface area contributed by atoms with Gasteiger partial charge in [0.15, 0.2) is 0 Å². The number of thiophene rings is 1. The smallest absolute Gasteiger partial charge is 0.291 e. The Hall–Kier alpha value is -2.15. The van der Waals surface area contributed by atoms with Crippen molar-refractivity contribution < 1.29 is 4.79 Å². The molecule has 126 valence electrons. The summed E-state index contributed by atoms with van der Waals surface area (Å²) in [5.41, 5.74) is 1.41. The lowest BCUT2D eigenvalue weighted by atomic mass is 10.1. The fourth-order valence-electron chi connectivity index (χ4n) is 3.50. The van der Waals surface area contributed by atoms with Crippen molar-refractivity contribution in [2.45, 2.75) is 39.7 Å². The van der Waals surface area contributed by atoms with Gasteiger partial charge < -0.3 is 4.90 Å². The molecule has 0 N–H and O–H groups in total. The molecule has 0 aliphatic carbocycles. The first kappa shape index (κ1) is 15.4. The Morgan fingerprint density at radius 3 is 2.67 bits per heavy atom. The van der Waals surface area contributed by atoms with Gasteiger partial charge in [0.2, 0.25) is 5.91 Å². The number of aryl methyl sites for hydroxylation is 2. The fourth-order valence-corrected chi connectivity index (χ4v) is 4.44. The van der Waals surface area contributed by atoms with E-state index in [0.29, 0.717) is 5.52 Å². The normalized spacial score (nSPS) is 15.5. The zero-order valence-electron chi connectivity index (χ0n) is 13.9. The second-order valence-corrected chi connectivity index (χ2v) is 7.71. The summed E-state index contributed by atoms with van der Waals surface area (Å²) in [6.07, 6.45) is 3.26. The number of hydrogen-bond donors (Lipinski definition) is 0. The van der Waals surface area contributed by atoms with Crippen LogP contribution in [0.25, 0.3) is 15.7 Å². The van der Waals surface area contributed by atoms with Crippen molar-refractivity contribution in [2.24, 2.45) is 0 Å². The minimum Gasteiger partial charge on any atom is -0.341 e. The highest BCUT2D eigenvalue weighted by molar-refractivity contribution is 7.19. The third kappa shape index (κ3) is 2.43. The number of carbonyl (C=O) groups is 1. The highest BCUT2D eigenvalue weighted by Gasteiger charge is 2.20. The molecule has 0 radical (unpaired) electrons. The first-order valence-corrected chi connectivity index (χ1v) is 9.13. The Morgan fingerprint density at radius 2 is 1.92 bits per heavy atom. The summed E-state index contributed by atoms with van der Waals surface area (Å²) < 4.78 is 4.29. The Labute approximate surface area is 143 Å². The number of rotatable bonds is 2. The number of nitrogens with zero attached hydrogens (tertiary/aromatic N) is 4. The standard InChI is InChI=1S/C17H20N4O2S/c1-11-8-13-15(24-11)9-14-17(23)20(18-12(2)21(13)14)10-16(22)19-6-4-3-5-7-19/h8-9H,3-7,10H2,1-2H3. The summed E-state index contributed by atoms with van der Waals surface area (Å²) in [4.78, 5) is 28.3. The van der Waals surface area contributed by atoms with E-state index >= 15 is 0 Å². The molecule has 1 saturated heterocycles. The third-order valence-corrected chi connectivity index (χ3v) is 5.64. The van der Waals surface area contributed by atoms with Gasteiger partial charge in [-0.05, 0) is 45.2 Å².